The van der Waals surface area contributed by atoms with E-state index < -0.39 is 0 Å². The first-order chi connectivity index (χ1) is 10.1. The van der Waals surface area contributed by atoms with Crippen LogP contribution >= 0.6 is 23.5 Å². The number of nitrogens with two attached hydrogens (primary N) is 1. The molecule has 0 bridgehead atoms. The summed E-state index contributed by atoms with van der Waals surface area (Å²) >= 11 is 2.98. The number of ketones is 2. The minimum absolute atomic E-state index is 0.0401. The number of thioether (sulfide) groups is 2. The molecule has 1 aromatic rings. The predicted octanol–water partition coefficient (Wildman–Crippen LogP) is 4.15. The van der Waals surface area contributed by atoms with Crippen molar-refractivity contribution in [2.24, 2.45) is 0 Å². The van der Waals surface area contributed by atoms with E-state index in [0.29, 0.717) is 26.6 Å². The number of benzene rings is 1. The van der Waals surface area contributed by atoms with E-state index in [4.69, 9.17) is 5.73 Å². The van der Waals surface area contributed by atoms with Crippen molar-refractivity contribution < 1.29 is 9.59 Å². The monoisotopic (exact) mass is 321 g/mol. The van der Waals surface area contributed by atoms with Gasteiger partial charge in [-0.05, 0) is 42.5 Å². The number of carbonyl (C=O) groups excluding carboxylic acids is 2. The van der Waals surface area contributed by atoms with Gasteiger partial charge in [-0.25, -0.2) is 0 Å². The second kappa shape index (κ2) is 7.18. The summed E-state index contributed by atoms with van der Waals surface area (Å²) in [5.41, 5.74) is 7.20. The van der Waals surface area contributed by atoms with Crippen LogP contribution in [-0.4, -0.2) is 23.1 Å². The van der Waals surface area contributed by atoms with Gasteiger partial charge in [0.05, 0.1) is 9.81 Å². The summed E-state index contributed by atoms with van der Waals surface area (Å²) in [5.74, 6) is 1.58. The lowest BCUT2D eigenvalue weighted by Crippen LogP contribution is -2.20. The first-order valence-corrected chi connectivity index (χ1v) is 9.06. The van der Waals surface area contributed by atoms with Crippen molar-refractivity contribution in [2.75, 3.05) is 17.2 Å². The fourth-order valence-corrected chi connectivity index (χ4v) is 4.17. The zero-order valence-electron chi connectivity index (χ0n) is 12.3. The normalized spacial score (nSPS) is 14.6. The molecule has 2 rings (SSSR count). The zero-order valence-corrected chi connectivity index (χ0v) is 13.9. The number of fused-ring (bicyclic) bond motifs is 1. The largest absolute Gasteiger partial charge is 0.399 e. The molecular weight excluding hydrogens is 302 g/mol. The van der Waals surface area contributed by atoms with Crippen molar-refractivity contribution >= 4 is 40.8 Å². The number of Topliss-reactive ketones (excluding diaryl/α,β-unsaturated/α-hetero) is 2. The number of rotatable bonds is 6. The molecule has 3 nitrogen and oxygen atoms in total. The van der Waals surface area contributed by atoms with E-state index >= 15 is 0 Å². The second-order valence-corrected chi connectivity index (χ2v) is 7.03. The van der Waals surface area contributed by atoms with Crippen LogP contribution in [0, 0.1) is 0 Å². The van der Waals surface area contributed by atoms with Crippen LogP contribution in [0.25, 0.3) is 0 Å². The van der Waals surface area contributed by atoms with Gasteiger partial charge in [-0.2, -0.15) is 0 Å². The number of anilines is 1. The minimum atomic E-state index is -0.0612. The Kier molecular flexibility index (Phi) is 5.53. The minimum Gasteiger partial charge on any atom is -0.399 e. The average molecular weight is 321 g/mol. The Morgan fingerprint density at radius 3 is 1.95 bits per heavy atom. The van der Waals surface area contributed by atoms with Crippen molar-refractivity contribution in [3.63, 3.8) is 0 Å². The zero-order chi connectivity index (χ0) is 15.4. The molecule has 1 aliphatic carbocycles. The third kappa shape index (κ3) is 3.35. The van der Waals surface area contributed by atoms with Crippen molar-refractivity contribution in [1.29, 1.82) is 0 Å². The first kappa shape index (κ1) is 16.2. The summed E-state index contributed by atoms with van der Waals surface area (Å²) < 4.78 is 0. The molecule has 0 amide bonds. The fourth-order valence-electron chi connectivity index (χ4n) is 2.07. The van der Waals surface area contributed by atoms with Gasteiger partial charge < -0.3 is 5.73 Å². The van der Waals surface area contributed by atoms with E-state index in [1.807, 2.05) is 0 Å². The third-order valence-corrected chi connectivity index (χ3v) is 5.76. The predicted molar refractivity (Wildman–Crippen MR) is 92.0 cm³/mol. The van der Waals surface area contributed by atoms with Gasteiger partial charge in [0.2, 0.25) is 11.6 Å². The van der Waals surface area contributed by atoms with Gasteiger partial charge in [0.25, 0.3) is 0 Å². The summed E-state index contributed by atoms with van der Waals surface area (Å²) in [6, 6.07) is 4.96. The van der Waals surface area contributed by atoms with Crippen LogP contribution in [0.4, 0.5) is 5.69 Å². The van der Waals surface area contributed by atoms with Crippen LogP contribution in [0.2, 0.25) is 0 Å². The topological polar surface area (TPSA) is 60.2 Å². The lowest BCUT2D eigenvalue weighted by atomic mass is 9.94. The molecule has 112 valence electrons. The van der Waals surface area contributed by atoms with Crippen molar-refractivity contribution in [3.05, 3.63) is 39.1 Å². The molecule has 0 atom stereocenters. The quantitative estimate of drug-likeness (QED) is 0.798. The Bertz CT molecular complexity index is 608. The lowest BCUT2D eigenvalue weighted by molar-refractivity contribution is 0.0988. The Hall–Kier alpha value is -1.20. The van der Waals surface area contributed by atoms with E-state index in [1.165, 1.54) is 23.5 Å². The number of nitrogen functional groups attached to an aromatic ring is 1. The molecule has 0 fully saturated rings. The molecule has 0 aliphatic heterocycles. The van der Waals surface area contributed by atoms with Crippen LogP contribution in [0.1, 0.15) is 47.4 Å². The van der Waals surface area contributed by atoms with Crippen LogP contribution < -0.4 is 5.73 Å². The van der Waals surface area contributed by atoms with Crippen molar-refractivity contribution in [3.8, 4) is 0 Å². The summed E-state index contributed by atoms with van der Waals surface area (Å²) in [6.45, 7) is 4.13. The molecule has 0 saturated carbocycles. The van der Waals surface area contributed by atoms with Crippen LogP contribution in [0.15, 0.2) is 28.0 Å². The van der Waals surface area contributed by atoms with Gasteiger partial charge in [0.15, 0.2) is 0 Å². The van der Waals surface area contributed by atoms with Gasteiger partial charge in [-0.15, -0.1) is 23.5 Å². The van der Waals surface area contributed by atoms with Crippen LogP contribution in [0.3, 0.4) is 0 Å². The highest BCUT2D eigenvalue weighted by Crippen LogP contribution is 2.39. The highest BCUT2D eigenvalue weighted by atomic mass is 32.2. The van der Waals surface area contributed by atoms with Gasteiger partial charge in [0.1, 0.15) is 0 Å². The highest BCUT2D eigenvalue weighted by Gasteiger charge is 2.32. The standard InChI is InChI=1S/C16H19NO2S2/c1-3-7-20-15-13(18)11-6-5-10(17)9-12(11)14(19)16(15)21-8-4-2/h5-6,9H,3-4,7-8,17H2,1-2H3. The first-order valence-electron chi connectivity index (χ1n) is 7.08. The molecule has 0 unspecified atom stereocenters. The van der Waals surface area contributed by atoms with E-state index in [-0.39, 0.29) is 11.6 Å². The van der Waals surface area contributed by atoms with E-state index in [0.717, 1.165) is 24.3 Å². The Balaban J connectivity index is 2.47. The highest BCUT2D eigenvalue weighted by molar-refractivity contribution is 8.08. The molecular formula is C16H19NO2S2. The Labute approximate surface area is 133 Å². The molecule has 5 heteroatoms. The number of hydrogen-bond acceptors (Lipinski definition) is 5. The molecule has 0 heterocycles. The summed E-state index contributed by atoms with van der Waals surface area (Å²) in [5, 5.41) is 0. The second-order valence-electron chi connectivity index (χ2n) is 4.82. The van der Waals surface area contributed by atoms with E-state index in [2.05, 4.69) is 13.8 Å². The van der Waals surface area contributed by atoms with Crippen molar-refractivity contribution in [1.82, 2.24) is 0 Å². The summed E-state index contributed by atoms with van der Waals surface area (Å²) in [4.78, 5) is 26.6. The maximum atomic E-state index is 12.7. The van der Waals surface area contributed by atoms with Gasteiger partial charge in [0, 0.05) is 16.8 Å². The fraction of sp³-hybridized carbons (Fsp3) is 0.375. The summed E-state index contributed by atoms with van der Waals surface area (Å²) in [7, 11) is 0. The molecule has 1 aliphatic rings. The number of allylic oxidation sites excluding steroid dienone is 2. The molecule has 0 radical (unpaired) electrons. The average Bonchev–Trinajstić information content (AvgIpc) is 2.48. The smallest absolute Gasteiger partial charge is 0.201 e. The van der Waals surface area contributed by atoms with Crippen LogP contribution in [-0.2, 0) is 0 Å². The Morgan fingerprint density at radius 1 is 0.905 bits per heavy atom. The van der Waals surface area contributed by atoms with Gasteiger partial charge in [-0.3, -0.25) is 9.59 Å². The van der Waals surface area contributed by atoms with Gasteiger partial charge in [-0.1, -0.05) is 13.8 Å². The third-order valence-electron chi connectivity index (χ3n) is 3.05. The maximum absolute atomic E-state index is 12.7. The van der Waals surface area contributed by atoms with E-state index in [9.17, 15) is 9.59 Å². The Morgan fingerprint density at radius 2 is 1.43 bits per heavy atom. The number of carbonyl (C=O) groups is 2. The number of hydrogen-bond donors (Lipinski definition) is 1. The molecule has 0 aromatic heterocycles. The molecule has 1 aromatic carbocycles. The van der Waals surface area contributed by atoms with Crippen LogP contribution in [0.5, 0.6) is 0 Å². The lowest BCUT2D eigenvalue weighted by Gasteiger charge is -2.20. The molecule has 21 heavy (non-hydrogen) atoms. The maximum Gasteiger partial charge on any atom is 0.201 e. The molecule has 2 N–H and O–H groups in total. The van der Waals surface area contributed by atoms with E-state index in [1.54, 1.807) is 18.2 Å². The SMILES string of the molecule is CCCSC1=C(SCCC)C(=O)c2cc(N)ccc2C1=O. The van der Waals surface area contributed by atoms with Gasteiger partial charge >= 0.3 is 0 Å². The van der Waals surface area contributed by atoms with Crippen molar-refractivity contribution in [2.45, 2.75) is 26.7 Å². The molecule has 0 spiro atoms. The molecule has 0 saturated heterocycles. The summed E-state index contributed by atoms with van der Waals surface area (Å²) in [6.07, 6.45) is 1.93.